The van der Waals surface area contributed by atoms with E-state index in [0.29, 0.717) is 18.3 Å². The van der Waals surface area contributed by atoms with Crippen LogP contribution in [0.3, 0.4) is 0 Å². The minimum Gasteiger partial charge on any atom is -0.340 e. The van der Waals surface area contributed by atoms with E-state index < -0.39 is 0 Å². The Morgan fingerprint density at radius 1 is 1.31 bits per heavy atom. The second-order valence-corrected chi connectivity index (χ2v) is 5.23. The van der Waals surface area contributed by atoms with Crippen LogP contribution in [0, 0.1) is 20.8 Å². The molecule has 0 saturated carbocycles. The predicted octanol–water partition coefficient (Wildman–Crippen LogP) is 2.35. The fraction of sp³-hybridized carbons (Fsp3) is 0.455. The van der Waals surface area contributed by atoms with Crippen LogP contribution in [-0.2, 0) is 13.1 Å². The SMILES string of the molecule is Cc1nc(CNCc2cc(C)sc2C)no1. The van der Waals surface area contributed by atoms with E-state index in [2.05, 4.69) is 35.4 Å². The molecule has 0 aromatic carbocycles. The van der Waals surface area contributed by atoms with E-state index in [9.17, 15) is 0 Å². The summed E-state index contributed by atoms with van der Waals surface area (Å²) >= 11 is 1.83. The van der Waals surface area contributed by atoms with Crippen LogP contribution in [0.2, 0.25) is 0 Å². The van der Waals surface area contributed by atoms with Crippen LogP contribution in [0.4, 0.5) is 0 Å². The van der Waals surface area contributed by atoms with Crippen molar-refractivity contribution in [3.8, 4) is 0 Å². The zero-order chi connectivity index (χ0) is 11.5. The number of nitrogens with one attached hydrogen (secondary N) is 1. The van der Waals surface area contributed by atoms with Crippen molar-refractivity contribution in [2.45, 2.75) is 33.9 Å². The van der Waals surface area contributed by atoms with Gasteiger partial charge in [-0.3, -0.25) is 0 Å². The minimum absolute atomic E-state index is 0.611. The van der Waals surface area contributed by atoms with Crippen molar-refractivity contribution in [3.63, 3.8) is 0 Å². The molecule has 0 atom stereocenters. The first-order valence-corrected chi connectivity index (χ1v) is 6.02. The molecule has 4 nitrogen and oxygen atoms in total. The van der Waals surface area contributed by atoms with Crippen molar-refractivity contribution in [1.29, 1.82) is 0 Å². The number of rotatable bonds is 4. The summed E-state index contributed by atoms with van der Waals surface area (Å²) in [5.74, 6) is 1.32. The van der Waals surface area contributed by atoms with Gasteiger partial charge in [0.25, 0.3) is 0 Å². The fourth-order valence-corrected chi connectivity index (χ4v) is 2.53. The van der Waals surface area contributed by atoms with Gasteiger partial charge in [-0.2, -0.15) is 4.98 Å². The average Bonchev–Trinajstić information content (AvgIpc) is 2.74. The molecule has 1 N–H and O–H groups in total. The van der Waals surface area contributed by atoms with Gasteiger partial charge in [0.1, 0.15) is 0 Å². The Kier molecular flexibility index (Phi) is 3.36. The Morgan fingerprint density at radius 3 is 2.69 bits per heavy atom. The summed E-state index contributed by atoms with van der Waals surface area (Å²) in [5, 5.41) is 7.14. The van der Waals surface area contributed by atoms with Gasteiger partial charge in [0, 0.05) is 23.2 Å². The zero-order valence-electron chi connectivity index (χ0n) is 9.70. The second-order valence-electron chi connectivity index (χ2n) is 3.77. The zero-order valence-corrected chi connectivity index (χ0v) is 10.5. The predicted molar refractivity (Wildman–Crippen MR) is 63.4 cm³/mol. The summed E-state index contributed by atoms with van der Waals surface area (Å²) < 4.78 is 4.90. The van der Waals surface area contributed by atoms with Crippen LogP contribution in [0.1, 0.15) is 27.0 Å². The summed E-state index contributed by atoms with van der Waals surface area (Å²) in [6, 6.07) is 2.22. The van der Waals surface area contributed by atoms with Crippen molar-refractivity contribution in [1.82, 2.24) is 15.5 Å². The smallest absolute Gasteiger partial charge is 0.223 e. The standard InChI is InChI=1S/C11H15N3OS/c1-7-4-10(8(2)16-7)5-12-6-11-13-9(3)15-14-11/h4,12H,5-6H2,1-3H3. The molecule has 2 aromatic heterocycles. The van der Waals surface area contributed by atoms with Gasteiger partial charge in [0.15, 0.2) is 5.82 Å². The second kappa shape index (κ2) is 4.76. The molecule has 0 aliphatic heterocycles. The quantitative estimate of drug-likeness (QED) is 0.886. The molecule has 0 unspecified atom stereocenters. The van der Waals surface area contributed by atoms with Crippen LogP contribution in [-0.4, -0.2) is 10.1 Å². The van der Waals surface area contributed by atoms with E-state index in [-0.39, 0.29) is 0 Å². The van der Waals surface area contributed by atoms with Gasteiger partial charge in [-0.25, -0.2) is 0 Å². The number of hydrogen-bond acceptors (Lipinski definition) is 5. The van der Waals surface area contributed by atoms with Crippen molar-refractivity contribution in [2.75, 3.05) is 0 Å². The molecule has 0 spiro atoms. The molecule has 0 bridgehead atoms. The summed E-state index contributed by atoms with van der Waals surface area (Å²) in [5.41, 5.74) is 1.35. The molecular formula is C11H15N3OS. The van der Waals surface area contributed by atoms with E-state index in [1.165, 1.54) is 15.3 Å². The summed E-state index contributed by atoms with van der Waals surface area (Å²) in [6.07, 6.45) is 0. The van der Waals surface area contributed by atoms with Crippen LogP contribution in [0.15, 0.2) is 10.6 Å². The molecule has 0 aliphatic rings. The van der Waals surface area contributed by atoms with Crippen molar-refractivity contribution < 1.29 is 4.52 Å². The van der Waals surface area contributed by atoms with Gasteiger partial charge in [-0.1, -0.05) is 5.16 Å². The third-order valence-corrected chi connectivity index (χ3v) is 3.32. The van der Waals surface area contributed by atoms with Crippen molar-refractivity contribution in [3.05, 3.63) is 33.1 Å². The first-order chi connectivity index (χ1) is 7.65. The molecule has 0 saturated heterocycles. The Hall–Kier alpha value is -1.20. The topological polar surface area (TPSA) is 51.0 Å². The van der Waals surface area contributed by atoms with Gasteiger partial charge in [-0.15, -0.1) is 11.3 Å². The van der Waals surface area contributed by atoms with Crippen molar-refractivity contribution in [2.24, 2.45) is 0 Å². The average molecular weight is 237 g/mol. The van der Waals surface area contributed by atoms with Crippen molar-refractivity contribution >= 4 is 11.3 Å². The maximum absolute atomic E-state index is 4.90. The lowest BCUT2D eigenvalue weighted by atomic mass is 10.2. The normalized spacial score (nSPS) is 10.9. The summed E-state index contributed by atoms with van der Waals surface area (Å²) in [7, 11) is 0. The van der Waals surface area contributed by atoms with Gasteiger partial charge in [0.05, 0.1) is 6.54 Å². The maximum atomic E-state index is 4.90. The Bertz CT molecular complexity index is 475. The third kappa shape index (κ3) is 2.68. The number of hydrogen-bond donors (Lipinski definition) is 1. The van der Waals surface area contributed by atoms with Crippen LogP contribution in [0.25, 0.3) is 0 Å². The monoisotopic (exact) mass is 237 g/mol. The highest BCUT2D eigenvalue weighted by Crippen LogP contribution is 2.20. The highest BCUT2D eigenvalue weighted by molar-refractivity contribution is 7.12. The largest absolute Gasteiger partial charge is 0.340 e. The molecule has 0 fully saturated rings. The minimum atomic E-state index is 0.611. The highest BCUT2D eigenvalue weighted by atomic mass is 32.1. The van der Waals surface area contributed by atoms with Gasteiger partial charge >= 0.3 is 0 Å². The molecule has 2 heterocycles. The lowest BCUT2D eigenvalue weighted by Crippen LogP contribution is -2.13. The number of aryl methyl sites for hydroxylation is 3. The maximum Gasteiger partial charge on any atom is 0.223 e. The Labute approximate surface area is 98.7 Å². The van der Waals surface area contributed by atoms with Crippen LogP contribution >= 0.6 is 11.3 Å². The lowest BCUT2D eigenvalue weighted by molar-refractivity contribution is 0.385. The van der Waals surface area contributed by atoms with Gasteiger partial charge in [0.2, 0.25) is 5.89 Å². The van der Waals surface area contributed by atoms with Crippen LogP contribution in [0.5, 0.6) is 0 Å². The molecule has 0 radical (unpaired) electrons. The van der Waals surface area contributed by atoms with E-state index >= 15 is 0 Å². The molecule has 2 aromatic rings. The van der Waals surface area contributed by atoms with Gasteiger partial charge < -0.3 is 9.84 Å². The molecule has 5 heteroatoms. The Balaban J connectivity index is 1.86. The van der Waals surface area contributed by atoms with Crippen LogP contribution < -0.4 is 5.32 Å². The van der Waals surface area contributed by atoms with E-state index in [1.54, 1.807) is 6.92 Å². The summed E-state index contributed by atoms with van der Waals surface area (Å²) in [6.45, 7) is 7.56. The van der Waals surface area contributed by atoms with E-state index in [1.807, 2.05) is 11.3 Å². The molecule has 0 aliphatic carbocycles. The third-order valence-electron chi connectivity index (χ3n) is 2.31. The number of thiophene rings is 1. The first-order valence-electron chi connectivity index (χ1n) is 5.21. The lowest BCUT2D eigenvalue weighted by Gasteiger charge is -2.00. The number of nitrogens with zero attached hydrogens (tertiary/aromatic N) is 2. The first kappa shape index (κ1) is 11.3. The molecule has 16 heavy (non-hydrogen) atoms. The summed E-state index contributed by atoms with van der Waals surface area (Å²) in [4.78, 5) is 6.85. The molecule has 2 rings (SSSR count). The fourth-order valence-electron chi connectivity index (χ4n) is 1.58. The Morgan fingerprint density at radius 2 is 2.12 bits per heavy atom. The molecule has 86 valence electrons. The molecule has 0 amide bonds. The highest BCUT2D eigenvalue weighted by Gasteiger charge is 2.04. The number of aromatic nitrogens is 2. The van der Waals surface area contributed by atoms with Gasteiger partial charge in [-0.05, 0) is 25.5 Å². The van der Waals surface area contributed by atoms with E-state index in [4.69, 9.17) is 4.52 Å². The van der Waals surface area contributed by atoms with E-state index in [0.717, 1.165) is 6.54 Å². The molecular weight excluding hydrogens is 222 g/mol.